The first-order chi connectivity index (χ1) is 8.58. The molecule has 4 heteroatoms. The second-order valence-electron chi connectivity index (χ2n) is 4.01. The molecule has 2 rings (SSSR count). The van der Waals surface area contributed by atoms with E-state index >= 15 is 0 Å². The fourth-order valence-corrected chi connectivity index (χ4v) is 2.44. The molecule has 0 fully saturated rings. The summed E-state index contributed by atoms with van der Waals surface area (Å²) in [5.74, 6) is -0.605. The third-order valence-corrected chi connectivity index (χ3v) is 3.36. The van der Waals surface area contributed by atoms with E-state index in [4.69, 9.17) is 0 Å². The molecule has 0 aliphatic carbocycles. The summed E-state index contributed by atoms with van der Waals surface area (Å²) >= 11 is 3.31. The van der Waals surface area contributed by atoms with Crippen molar-refractivity contribution in [3.8, 4) is 0 Å². The van der Waals surface area contributed by atoms with Gasteiger partial charge in [0.05, 0.1) is 5.69 Å². The van der Waals surface area contributed by atoms with Gasteiger partial charge in [-0.25, -0.2) is 8.78 Å². The van der Waals surface area contributed by atoms with Crippen molar-refractivity contribution in [2.75, 3.05) is 5.32 Å². The lowest BCUT2D eigenvalue weighted by atomic mass is 10.1. The number of para-hydroxylation sites is 1. The van der Waals surface area contributed by atoms with E-state index in [1.165, 1.54) is 18.2 Å². The van der Waals surface area contributed by atoms with Gasteiger partial charge in [0, 0.05) is 10.5 Å². The minimum atomic E-state index is -0.303. The molecular formula is C14H12BrF2N. The molecule has 0 amide bonds. The molecule has 1 nitrogen and oxygen atoms in total. The van der Waals surface area contributed by atoms with E-state index in [1.807, 2.05) is 6.92 Å². The van der Waals surface area contributed by atoms with Gasteiger partial charge in [0.1, 0.15) is 11.6 Å². The molecule has 1 atom stereocenters. The summed E-state index contributed by atoms with van der Waals surface area (Å²) in [6.07, 6.45) is 0. The second-order valence-corrected chi connectivity index (χ2v) is 4.87. The van der Waals surface area contributed by atoms with Crippen molar-refractivity contribution in [1.29, 1.82) is 0 Å². The lowest BCUT2D eigenvalue weighted by molar-refractivity contribution is 0.622. The number of halogens is 3. The Kier molecular flexibility index (Phi) is 3.97. The Labute approximate surface area is 113 Å². The van der Waals surface area contributed by atoms with E-state index in [-0.39, 0.29) is 17.7 Å². The molecule has 0 bridgehead atoms. The van der Waals surface area contributed by atoms with Gasteiger partial charge in [-0.15, -0.1) is 0 Å². The van der Waals surface area contributed by atoms with E-state index in [1.54, 1.807) is 24.3 Å². The standard InChI is InChI=1S/C14H12BrF2N/c1-9(11-7-6-10(16)8-12(11)15)18-14-5-3-2-4-13(14)17/h2-9,18H,1H3. The van der Waals surface area contributed by atoms with E-state index in [0.717, 1.165) is 5.56 Å². The van der Waals surface area contributed by atoms with Gasteiger partial charge < -0.3 is 5.32 Å². The quantitative estimate of drug-likeness (QED) is 0.850. The number of nitrogens with one attached hydrogen (secondary N) is 1. The van der Waals surface area contributed by atoms with Crippen LogP contribution in [0.4, 0.5) is 14.5 Å². The third kappa shape index (κ3) is 2.88. The van der Waals surface area contributed by atoms with Crippen molar-refractivity contribution in [3.63, 3.8) is 0 Å². The zero-order chi connectivity index (χ0) is 13.1. The number of hydrogen-bond donors (Lipinski definition) is 1. The highest BCUT2D eigenvalue weighted by atomic mass is 79.9. The lowest BCUT2D eigenvalue weighted by Gasteiger charge is -2.17. The lowest BCUT2D eigenvalue weighted by Crippen LogP contribution is -2.08. The van der Waals surface area contributed by atoms with Crippen LogP contribution in [-0.2, 0) is 0 Å². The SMILES string of the molecule is CC(Nc1ccccc1F)c1ccc(F)cc1Br. The topological polar surface area (TPSA) is 12.0 Å². The Morgan fingerprint density at radius 3 is 2.50 bits per heavy atom. The monoisotopic (exact) mass is 311 g/mol. The van der Waals surface area contributed by atoms with E-state index < -0.39 is 0 Å². The normalized spacial score (nSPS) is 12.2. The van der Waals surface area contributed by atoms with Gasteiger partial charge >= 0.3 is 0 Å². The molecule has 18 heavy (non-hydrogen) atoms. The molecule has 1 unspecified atom stereocenters. The summed E-state index contributed by atoms with van der Waals surface area (Å²) < 4.78 is 27.2. The first-order valence-corrected chi connectivity index (χ1v) is 6.33. The number of hydrogen-bond acceptors (Lipinski definition) is 1. The van der Waals surface area contributed by atoms with Gasteiger partial charge in [-0.05, 0) is 36.8 Å². The average Bonchev–Trinajstić information content (AvgIpc) is 2.32. The van der Waals surface area contributed by atoms with Crippen LogP contribution in [-0.4, -0.2) is 0 Å². The average molecular weight is 312 g/mol. The van der Waals surface area contributed by atoms with Crippen LogP contribution in [0.5, 0.6) is 0 Å². The van der Waals surface area contributed by atoms with Crippen molar-refractivity contribution in [3.05, 3.63) is 64.1 Å². The van der Waals surface area contributed by atoms with Crippen LogP contribution in [0.1, 0.15) is 18.5 Å². The first-order valence-electron chi connectivity index (χ1n) is 5.54. The van der Waals surface area contributed by atoms with Crippen molar-refractivity contribution in [1.82, 2.24) is 0 Å². The van der Waals surface area contributed by atoms with E-state index in [0.29, 0.717) is 10.2 Å². The highest BCUT2D eigenvalue weighted by Gasteiger charge is 2.11. The highest BCUT2D eigenvalue weighted by Crippen LogP contribution is 2.27. The molecule has 0 spiro atoms. The maximum Gasteiger partial charge on any atom is 0.146 e. The minimum Gasteiger partial charge on any atom is -0.376 e. The predicted molar refractivity (Wildman–Crippen MR) is 72.5 cm³/mol. The summed E-state index contributed by atoms with van der Waals surface area (Å²) in [7, 11) is 0. The molecule has 0 aliphatic heterocycles. The van der Waals surface area contributed by atoms with Crippen molar-refractivity contribution >= 4 is 21.6 Å². The second kappa shape index (κ2) is 5.48. The fraction of sp³-hybridized carbons (Fsp3) is 0.143. The van der Waals surface area contributed by atoms with Crippen LogP contribution in [0.2, 0.25) is 0 Å². The zero-order valence-electron chi connectivity index (χ0n) is 9.75. The molecule has 0 saturated carbocycles. The Balaban J connectivity index is 2.22. The summed E-state index contributed by atoms with van der Waals surface area (Å²) in [5, 5.41) is 3.06. The molecule has 0 heterocycles. The molecule has 0 aliphatic rings. The molecule has 94 valence electrons. The Morgan fingerprint density at radius 1 is 1.11 bits per heavy atom. The van der Waals surface area contributed by atoms with Gasteiger partial charge in [-0.3, -0.25) is 0 Å². The molecule has 0 saturated heterocycles. The van der Waals surface area contributed by atoms with Crippen LogP contribution in [0, 0.1) is 11.6 Å². The van der Waals surface area contributed by atoms with E-state index in [2.05, 4.69) is 21.2 Å². The van der Waals surface area contributed by atoms with Gasteiger partial charge in [0.2, 0.25) is 0 Å². The van der Waals surface area contributed by atoms with Crippen molar-refractivity contribution in [2.45, 2.75) is 13.0 Å². The molecule has 2 aromatic carbocycles. The van der Waals surface area contributed by atoms with Crippen LogP contribution in [0.15, 0.2) is 46.9 Å². The molecule has 0 radical (unpaired) electrons. The highest BCUT2D eigenvalue weighted by molar-refractivity contribution is 9.10. The third-order valence-electron chi connectivity index (χ3n) is 2.67. The maximum absolute atomic E-state index is 13.5. The molecule has 1 N–H and O–H groups in total. The fourth-order valence-electron chi connectivity index (χ4n) is 1.74. The van der Waals surface area contributed by atoms with Gasteiger partial charge in [-0.1, -0.05) is 34.1 Å². The van der Waals surface area contributed by atoms with Crippen molar-refractivity contribution < 1.29 is 8.78 Å². The van der Waals surface area contributed by atoms with Crippen LogP contribution in [0.25, 0.3) is 0 Å². The van der Waals surface area contributed by atoms with Crippen LogP contribution in [0.3, 0.4) is 0 Å². The van der Waals surface area contributed by atoms with Crippen LogP contribution < -0.4 is 5.32 Å². The minimum absolute atomic E-state index is 0.128. The van der Waals surface area contributed by atoms with Crippen molar-refractivity contribution in [2.24, 2.45) is 0 Å². The van der Waals surface area contributed by atoms with Gasteiger partial charge in [-0.2, -0.15) is 0 Å². The zero-order valence-corrected chi connectivity index (χ0v) is 11.3. The number of anilines is 1. The first kappa shape index (κ1) is 13.0. The number of benzene rings is 2. The summed E-state index contributed by atoms with van der Waals surface area (Å²) in [6, 6.07) is 10.8. The van der Waals surface area contributed by atoms with Gasteiger partial charge in [0.15, 0.2) is 0 Å². The van der Waals surface area contributed by atoms with Gasteiger partial charge in [0.25, 0.3) is 0 Å². The number of rotatable bonds is 3. The summed E-state index contributed by atoms with van der Waals surface area (Å²) in [6.45, 7) is 1.89. The largest absolute Gasteiger partial charge is 0.376 e. The summed E-state index contributed by atoms with van der Waals surface area (Å²) in [5.41, 5.74) is 1.31. The maximum atomic E-state index is 13.5. The molecule has 2 aromatic rings. The Hall–Kier alpha value is -1.42. The van der Waals surface area contributed by atoms with E-state index in [9.17, 15) is 8.78 Å². The van der Waals surface area contributed by atoms with Crippen LogP contribution >= 0.6 is 15.9 Å². The molecular weight excluding hydrogens is 300 g/mol. The summed E-state index contributed by atoms with van der Waals surface area (Å²) in [4.78, 5) is 0. The smallest absolute Gasteiger partial charge is 0.146 e. The predicted octanol–water partition coefficient (Wildman–Crippen LogP) is 4.90. The Morgan fingerprint density at radius 2 is 1.83 bits per heavy atom. The Bertz CT molecular complexity index is 557. The molecule has 0 aromatic heterocycles.